The number of hydrogen-bond acceptors (Lipinski definition) is 5. The summed E-state index contributed by atoms with van der Waals surface area (Å²) in [7, 11) is 0. The molecule has 0 spiro atoms. The van der Waals surface area contributed by atoms with E-state index >= 15 is 0 Å². The Bertz CT molecular complexity index is 1080. The first-order valence-electron chi connectivity index (χ1n) is 11.3. The standard InChI is InChI=1S/C26H29N5O2/c27-24-23(28-15-16-29-24)25(33)30-19-26(21-9-5-2-6-10-21)13-17-31(18-14-26)22(32)12-11-20-7-3-1-4-8-20/h1-10,15-16H,11-14,17-19H2,(H2,27,29)(H,30,33). The molecule has 1 saturated heterocycles. The second-order valence-corrected chi connectivity index (χ2v) is 8.49. The van der Waals surface area contributed by atoms with Crippen molar-refractivity contribution in [3.63, 3.8) is 0 Å². The fraction of sp³-hybridized carbons (Fsp3) is 0.308. The molecule has 0 unspecified atom stereocenters. The Morgan fingerprint density at radius 2 is 1.58 bits per heavy atom. The van der Waals surface area contributed by atoms with Gasteiger partial charge in [-0.05, 0) is 30.4 Å². The van der Waals surface area contributed by atoms with E-state index in [1.54, 1.807) is 0 Å². The molecule has 1 aromatic heterocycles. The van der Waals surface area contributed by atoms with Gasteiger partial charge in [0.15, 0.2) is 11.5 Å². The van der Waals surface area contributed by atoms with Crippen LogP contribution in [0, 0.1) is 0 Å². The van der Waals surface area contributed by atoms with Gasteiger partial charge in [0.2, 0.25) is 5.91 Å². The number of amides is 2. The molecule has 0 saturated carbocycles. The number of nitrogens with one attached hydrogen (secondary N) is 1. The second kappa shape index (κ2) is 10.3. The quantitative estimate of drug-likeness (QED) is 0.585. The van der Waals surface area contributed by atoms with Gasteiger partial charge in [-0.3, -0.25) is 9.59 Å². The van der Waals surface area contributed by atoms with Crippen molar-refractivity contribution in [1.82, 2.24) is 20.2 Å². The molecule has 0 bridgehead atoms. The van der Waals surface area contributed by atoms with Crippen molar-refractivity contribution in [2.45, 2.75) is 31.1 Å². The lowest BCUT2D eigenvalue weighted by Crippen LogP contribution is -2.50. The maximum atomic E-state index is 12.8. The SMILES string of the molecule is Nc1nccnc1C(=O)NCC1(c2ccccc2)CCN(C(=O)CCc2ccccc2)CC1. The predicted octanol–water partition coefficient (Wildman–Crippen LogP) is 2.98. The lowest BCUT2D eigenvalue weighted by molar-refractivity contribution is -0.132. The lowest BCUT2D eigenvalue weighted by atomic mass is 9.72. The van der Waals surface area contributed by atoms with Crippen molar-refractivity contribution in [3.8, 4) is 0 Å². The highest BCUT2D eigenvalue weighted by Crippen LogP contribution is 2.35. The molecule has 3 N–H and O–H groups in total. The van der Waals surface area contributed by atoms with Crippen LogP contribution >= 0.6 is 0 Å². The molecule has 1 aliphatic heterocycles. The molecule has 170 valence electrons. The zero-order valence-electron chi connectivity index (χ0n) is 18.6. The molecule has 2 aromatic carbocycles. The number of hydrogen-bond donors (Lipinski definition) is 2. The number of rotatable bonds is 7. The number of piperidine rings is 1. The summed E-state index contributed by atoms with van der Waals surface area (Å²) in [6.07, 6.45) is 5.70. The number of carbonyl (C=O) groups is 2. The van der Waals surface area contributed by atoms with E-state index in [0.717, 1.165) is 24.8 Å². The molecule has 7 nitrogen and oxygen atoms in total. The molecule has 4 rings (SSSR count). The van der Waals surface area contributed by atoms with Crippen LogP contribution in [-0.2, 0) is 16.6 Å². The number of nitrogens with two attached hydrogens (primary N) is 1. The fourth-order valence-electron chi connectivity index (χ4n) is 4.45. The van der Waals surface area contributed by atoms with Crippen LogP contribution in [0.2, 0.25) is 0 Å². The van der Waals surface area contributed by atoms with Crippen LogP contribution in [-0.4, -0.2) is 46.3 Å². The van der Waals surface area contributed by atoms with Gasteiger partial charge < -0.3 is 16.0 Å². The second-order valence-electron chi connectivity index (χ2n) is 8.49. The van der Waals surface area contributed by atoms with E-state index in [4.69, 9.17) is 5.73 Å². The van der Waals surface area contributed by atoms with Gasteiger partial charge in [0, 0.05) is 43.9 Å². The van der Waals surface area contributed by atoms with Gasteiger partial charge in [0.05, 0.1) is 0 Å². The summed E-state index contributed by atoms with van der Waals surface area (Å²) < 4.78 is 0. The fourth-order valence-corrected chi connectivity index (χ4v) is 4.45. The Hall–Kier alpha value is -3.74. The minimum atomic E-state index is -0.336. The number of aromatic nitrogens is 2. The molecule has 0 atom stereocenters. The summed E-state index contributed by atoms with van der Waals surface area (Å²) >= 11 is 0. The zero-order valence-corrected chi connectivity index (χ0v) is 18.6. The maximum absolute atomic E-state index is 12.8. The molecule has 2 amide bonds. The molecule has 7 heteroatoms. The maximum Gasteiger partial charge on any atom is 0.273 e. The third-order valence-electron chi connectivity index (χ3n) is 6.46. The molecule has 1 fully saturated rings. The Labute approximate surface area is 194 Å². The van der Waals surface area contributed by atoms with Crippen molar-refractivity contribution in [2.24, 2.45) is 0 Å². The van der Waals surface area contributed by atoms with E-state index in [-0.39, 0.29) is 28.7 Å². The van der Waals surface area contributed by atoms with Gasteiger partial charge >= 0.3 is 0 Å². The zero-order chi connectivity index (χ0) is 23.1. The summed E-state index contributed by atoms with van der Waals surface area (Å²) in [5.74, 6) is -0.0447. The molecule has 3 aromatic rings. The molecule has 33 heavy (non-hydrogen) atoms. The predicted molar refractivity (Wildman–Crippen MR) is 127 cm³/mol. The van der Waals surface area contributed by atoms with Gasteiger partial charge in [0.1, 0.15) is 0 Å². The minimum absolute atomic E-state index is 0.114. The Balaban J connectivity index is 1.41. The number of carbonyl (C=O) groups excluding carboxylic acids is 2. The van der Waals surface area contributed by atoms with E-state index in [0.29, 0.717) is 26.1 Å². The van der Waals surface area contributed by atoms with Crippen molar-refractivity contribution < 1.29 is 9.59 Å². The van der Waals surface area contributed by atoms with Crippen LogP contribution in [0.15, 0.2) is 73.1 Å². The Kier molecular flexibility index (Phi) is 6.98. The third-order valence-corrected chi connectivity index (χ3v) is 6.46. The third kappa shape index (κ3) is 5.37. The lowest BCUT2D eigenvalue weighted by Gasteiger charge is -2.42. The first-order valence-corrected chi connectivity index (χ1v) is 11.3. The highest BCUT2D eigenvalue weighted by atomic mass is 16.2. The summed E-state index contributed by atoms with van der Waals surface area (Å²) in [5.41, 5.74) is 8.03. The first-order chi connectivity index (χ1) is 16.1. The molecule has 1 aliphatic rings. The largest absolute Gasteiger partial charge is 0.382 e. The van der Waals surface area contributed by atoms with Crippen LogP contribution < -0.4 is 11.1 Å². The summed E-state index contributed by atoms with van der Waals surface area (Å²) in [4.78, 5) is 35.5. The minimum Gasteiger partial charge on any atom is -0.382 e. The molecular weight excluding hydrogens is 414 g/mol. The number of nitrogens with zero attached hydrogens (tertiary/aromatic N) is 3. The van der Waals surface area contributed by atoms with Crippen molar-refractivity contribution in [2.75, 3.05) is 25.4 Å². The monoisotopic (exact) mass is 443 g/mol. The van der Waals surface area contributed by atoms with Crippen LogP contribution in [0.5, 0.6) is 0 Å². The molecular formula is C26H29N5O2. The van der Waals surface area contributed by atoms with Gasteiger partial charge in [0.25, 0.3) is 5.91 Å². The number of benzene rings is 2. The van der Waals surface area contributed by atoms with Gasteiger partial charge in [-0.1, -0.05) is 60.7 Å². The van der Waals surface area contributed by atoms with E-state index < -0.39 is 0 Å². The number of nitrogen functional groups attached to an aromatic ring is 1. The number of aryl methyl sites for hydroxylation is 1. The normalized spacial score (nSPS) is 15.1. The van der Waals surface area contributed by atoms with Gasteiger partial charge in [-0.15, -0.1) is 0 Å². The van der Waals surface area contributed by atoms with Crippen molar-refractivity contribution in [3.05, 3.63) is 89.9 Å². The van der Waals surface area contributed by atoms with E-state index in [2.05, 4.69) is 39.6 Å². The van der Waals surface area contributed by atoms with Crippen LogP contribution in [0.4, 0.5) is 5.82 Å². The molecule has 0 radical (unpaired) electrons. The Morgan fingerprint density at radius 3 is 2.24 bits per heavy atom. The Morgan fingerprint density at radius 1 is 0.939 bits per heavy atom. The highest BCUT2D eigenvalue weighted by Gasteiger charge is 2.37. The average Bonchev–Trinajstić information content (AvgIpc) is 2.87. The van der Waals surface area contributed by atoms with E-state index in [1.165, 1.54) is 18.0 Å². The van der Waals surface area contributed by atoms with E-state index in [1.807, 2.05) is 41.3 Å². The highest BCUT2D eigenvalue weighted by molar-refractivity contribution is 5.96. The van der Waals surface area contributed by atoms with Crippen molar-refractivity contribution >= 4 is 17.6 Å². The smallest absolute Gasteiger partial charge is 0.273 e. The van der Waals surface area contributed by atoms with E-state index in [9.17, 15) is 9.59 Å². The first kappa shape index (κ1) is 22.5. The average molecular weight is 444 g/mol. The van der Waals surface area contributed by atoms with Crippen LogP contribution in [0.3, 0.4) is 0 Å². The number of anilines is 1. The summed E-state index contributed by atoms with van der Waals surface area (Å²) in [5, 5.41) is 3.01. The number of likely N-dealkylation sites (tertiary alicyclic amines) is 1. The van der Waals surface area contributed by atoms with Crippen LogP contribution in [0.1, 0.15) is 40.9 Å². The van der Waals surface area contributed by atoms with Gasteiger partial charge in [-0.2, -0.15) is 0 Å². The summed E-state index contributed by atoms with van der Waals surface area (Å²) in [6.45, 7) is 1.76. The molecule has 0 aliphatic carbocycles. The topological polar surface area (TPSA) is 101 Å². The molecule has 2 heterocycles. The van der Waals surface area contributed by atoms with Gasteiger partial charge in [-0.25, -0.2) is 9.97 Å². The van der Waals surface area contributed by atoms with Crippen LogP contribution in [0.25, 0.3) is 0 Å². The summed E-state index contributed by atoms with van der Waals surface area (Å²) in [6, 6.07) is 20.3. The van der Waals surface area contributed by atoms with Crippen molar-refractivity contribution in [1.29, 1.82) is 0 Å².